The van der Waals surface area contributed by atoms with E-state index in [0.29, 0.717) is 6.54 Å². The van der Waals surface area contributed by atoms with Crippen LogP contribution in [0.1, 0.15) is 31.9 Å². The minimum absolute atomic E-state index is 0. The van der Waals surface area contributed by atoms with Gasteiger partial charge in [-0.05, 0) is 45.1 Å². The number of rotatable bonds is 7. The van der Waals surface area contributed by atoms with Crippen molar-refractivity contribution in [2.45, 2.75) is 26.3 Å². The van der Waals surface area contributed by atoms with Crippen LogP contribution in [0.3, 0.4) is 0 Å². The van der Waals surface area contributed by atoms with Gasteiger partial charge in [-0.1, -0.05) is 19.1 Å². The van der Waals surface area contributed by atoms with Gasteiger partial charge in [-0.2, -0.15) is 0 Å². The third-order valence-corrected chi connectivity index (χ3v) is 3.19. The zero-order valence-corrected chi connectivity index (χ0v) is 16.2. The van der Waals surface area contributed by atoms with Crippen LogP contribution in [0, 0.1) is 5.82 Å². The molecule has 4 nitrogen and oxygen atoms in total. The van der Waals surface area contributed by atoms with Crippen LogP contribution in [-0.2, 0) is 0 Å². The second-order valence-corrected chi connectivity index (χ2v) is 5.18. The van der Waals surface area contributed by atoms with E-state index >= 15 is 0 Å². The number of aliphatic imine (C=N–C) groups is 1. The van der Waals surface area contributed by atoms with Gasteiger partial charge in [-0.15, -0.1) is 24.0 Å². The summed E-state index contributed by atoms with van der Waals surface area (Å²) in [5.41, 5.74) is 1.07. The van der Waals surface area contributed by atoms with Gasteiger partial charge in [0.25, 0.3) is 0 Å². The zero-order valence-electron chi connectivity index (χ0n) is 13.9. The van der Waals surface area contributed by atoms with Crippen molar-refractivity contribution in [3.63, 3.8) is 0 Å². The molecule has 126 valence electrons. The average molecular weight is 422 g/mol. The maximum Gasteiger partial charge on any atom is 0.191 e. The molecule has 0 amide bonds. The van der Waals surface area contributed by atoms with Crippen LogP contribution in [0.4, 0.5) is 4.39 Å². The molecule has 0 saturated carbocycles. The highest BCUT2D eigenvalue weighted by Crippen LogP contribution is 2.18. The van der Waals surface area contributed by atoms with Crippen molar-refractivity contribution in [3.05, 3.63) is 35.6 Å². The molecule has 0 fully saturated rings. The van der Waals surface area contributed by atoms with Crippen molar-refractivity contribution >= 4 is 29.9 Å². The lowest BCUT2D eigenvalue weighted by molar-refractivity contribution is 0.306. The number of nitrogens with one attached hydrogen (secondary N) is 2. The first-order valence-corrected chi connectivity index (χ1v) is 7.52. The molecule has 0 aliphatic carbocycles. The molecular weight excluding hydrogens is 394 g/mol. The van der Waals surface area contributed by atoms with E-state index in [9.17, 15) is 4.39 Å². The molecule has 1 rings (SSSR count). The van der Waals surface area contributed by atoms with Crippen LogP contribution in [0.2, 0.25) is 0 Å². The fourth-order valence-electron chi connectivity index (χ4n) is 2.01. The van der Waals surface area contributed by atoms with Crippen LogP contribution in [0.15, 0.2) is 29.3 Å². The largest absolute Gasteiger partial charge is 0.357 e. The SMILES string of the molecule is CCCNC(=NCC(c1ccc(F)cc1)N(C)C)NCC.I. The third kappa shape index (κ3) is 7.40. The lowest BCUT2D eigenvalue weighted by Crippen LogP contribution is -2.38. The van der Waals surface area contributed by atoms with Crippen LogP contribution in [0.25, 0.3) is 0 Å². The molecule has 0 aromatic heterocycles. The Morgan fingerprint density at radius 3 is 2.32 bits per heavy atom. The highest BCUT2D eigenvalue weighted by atomic mass is 127. The summed E-state index contributed by atoms with van der Waals surface area (Å²) in [7, 11) is 4.02. The van der Waals surface area contributed by atoms with Gasteiger partial charge in [0.15, 0.2) is 5.96 Å². The number of hydrogen-bond donors (Lipinski definition) is 2. The molecule has 2 N–H and O–H groups in total. The van der Waals surface area contributed by atoms with Gasteiger partial charge in [-0.25, -0.2) is 4.39 Å². The van der Waals surface area contributed by atoms with Gasteiger partial charge in [0.2, 0.25) is 0 Å². The Morgan fingerprint density at radius 2 is 1.82 bits per heavy atom. The molecule has 6 heteroatoms. The Balaban J connectivity index is 0.00000441. The van der Waals surface area contributed by atoms with Gasteiger partial charge in [0.1, 0.15) is 5.82 Å². The molecule has 1 unspecified atom stereocenters. The molecule has 0 aliphatic rings. The Hall–Kier alpha value is -0.890. The lowest BCUT2D eigenvalue weighted by Gasteiger charge is -2.23. The summed E-state index contributed by atoms with van der Waals surface area (Å²) in [5.74, 6) is 0.617. The number of guanidine groups is 1. The highest BCUT2D eigenvalue weighted by molar-refractivity contribution is 14.0. The topological polar surface area (TPSA) is 39.7 Å². The molecule has 0 bridgehead atoms. The van der Waals surface area contributed by atoms with Crippen LogP contribution in [-0.4, -0.2) is 44.6 Å². The summed E-state index contributed by atoms with van der Waals surface area (Å²) in [5, 5.41) is 6.52. The van der Waals surface area contributed by atoms with Crippen LogP contribution < -0.4 is 10.6 Å². The van der Waals surface area contributed by atoms with E-state index in [1.165, 1.54) is 12.1 Å². The van der Waals surface area contributed by atoms with Gasteiger partial charge < -0.3 is 15.5 Å². The molecule has 0 heterocycles. The average Bonchev–Trinajstić information content (AvgIpc) is 2.46. The van der Waals surface area contributed by atoms with Crippen molar-refractivity contribution in [2.75, 3.05) is 33.7 Å². The molecule has 0 aliphatic heterocycles. The second-order valence-electron chi connectivity index (χ2n) is 5.18. The Bertz CT molecular complexity index is 434. The summed E-state index contributed by atoms with van der Waals surface area (Å²) in [6.07, 6.45) is 1.06. The van der Waals surface area contributed by atoms with E-state index in [-0.39, 0.29) is 35.8 Å². The highest BCUT2D eigenvalue weighted by Gasteiger charge is 2.14. The normalized spacial score (nSPS) is 12.7. The summed E-state index contributed by atoms with van der Waals surface area (Å²) in [6.45, 7) is 6.52. The van der Waals surface area contributed by atoms with Gasteiger partial charge >= 0.3 is 0 Å². The minimum Gasteiger partial charge on any atom is -0.357 e. The standard InChI is InChI=1S/C16H27FN4.HI/c1-5-11-19-16(18-6-2)20-12-15(21(3)4)13-7-9-14(17)10-8-13;/h7-10,15H,5-6,11-12H2,1-4H3,(H2,18,19,20);1H. The first-order valence-electron chi connectivity index (χ1n) is 7.52. The van der Waals surface area contributed by atoms with E-state index in [1.54, 1.807) is 0 Å². The predicted molar refractivity (Wildman–Crippen MR) is 103 cm³/mol. The van der Waals surface area contributed by atoms with E-state index in [1.807, 2.05) is 33.2 Å². The molecule has 0 saturated heterocycles. The molecule has 1 aromatic rings. The minimum atomic E-state index is -0.210. The summed E-state index contributed by atoms with van der Waals surface area (Å²) in [4.78, 5) is 6.73. The fourth-order valence-corrected chi connectivity index (χ4v) is 2.01. The van der Waals surface area contributed by atoms with Gasteiger partial charge in [0, 0.05) is 13.1 Å². The van der Waals surface area contributed by atoms with E-state index in [4.69, 9.17) is 0 Å². The summed E-state index contributed by atoms with van der Waals surface area (Å²) < 4.78 is 13.0. The number of likely N-dealkylation sites (N-methyl/N-ethyl adjacent to an activating group) is 1. The number of nitrogens with zero attached hydrogens (tertiary/aromatic N) is 2. The lowest BCUT2D eigenvalue weighted by atomic mass is 10.1. The van der Waals surface area contributed by atoms with Crippen LogP contribution in [0.5, 0.6) is 0 Å². The van der Waals surface area contributed by atoms with Gasteiger partial charge in [-0.3, -0.25) is 4.99 Å². The quantitative estimate of drug-likeness (QED) is 0.403. The number of benzene rings is 1. The Labute approximate surface area is 150 Å². The predicted octanol–water partition coefficient (Wildman–Crippen LogP) is 3.01. The fraction of sp³-hybridized carbons (Fsp3) is 0.562. The molecule has 1 atom stereocenters. The Kier molecular flexibility index (Phi) is 11.2. The van der Waals surface area contributed by atoms with E-state index in [0.717, 1.165) is 31.0 Å². The Morgan fingerprint density at radius 1 is 1.18 bits per heavy atom. The van der Waals surface area contributed by atoms with Crippen molar-refractivity contribution in [3.8, 4) is 0 Å². The van der Waals surface area contributed by atoms with Gasteiger partial charge in [0.05, 0.1) is 12.6 Å². The maximum absolute atomic E-state index is 13.0. The third-order valence-electron chi connectivity index (χ3n) is 3.19. The second kappa shape index (κ2) is 11.6. The van der Waals surface area contributed by atoms with Crippen molar-refractivity contribution in [1.29, 1.82) is 0 Å². The van der Waals surface area contributed by atoms with E-state index < -0.39 is 0 Å². The molecule has 0 spiro atoms. The molecule has 1 aromatic carbocycles. The van der Waals surface area contributed by atoms with Crippen molar-refractivity contribution in [2.24, 2.45) is 4.99 Å². The van der Waals surface area contributed by atoms with Crippen molar-refractivity contribution < 1.29 is 4.39 Å². The smallest absolute Gasteiger partial charge is 0.191 e. The first kappa shape index (κ1) is 21.1. The molecular formula is C16H28FIN4. The number of halogens is 2. The first-order chi connectivity index (χ1) is 10.1. The monoisotopic (exact) mass is 422 g/mol. The maximum atomic E-state index is 13.0. The zero-order chi connectivity index (χ0) is 15.7. The van der Waals surface area contributed by atoms with E-state index in [2.05, 4.69) is 27.4 Å². The molecule has 22 heavy (non-hydrogen) atoms. The summed E-state index contributed by atoms with van der Waals surface area (Å²) in [6, 6.07) is 6.76. The molecule has 0 radical (unpaired) electrons. The summed E-state index contributed by atoms with van der Waals surface area (Å²) >= 11 is 0. The number of hydrogen-bond acceptors (Lipinski definition) is 2. The van der Waals surface area contributed by atoms with Crippen molar-refractivity contribution in [1.82, 2.24) is 15.5 Å². The van der Waals surface area contributed by atoms with Crippen LogP contribution >= 0.6 is 24.0 Å².